The third kappa shape index (κ3) is 4.86. The molecule has 1 aliphatic heterocycles. The summed E-state index contributed by atoms with van der Waals surface area (Å²) in [5.74, 6) is 0. The minimum atomic E-state index is 0.00775. The van der Waals surface area contributed by atoms with Crippen LogP contribution in [0, 0.1) is 0 Å². The van der Waals surface area contributed by atoms with E-state index >= 15 is 0 Å². The number of benzene rings is 8. The Morgan fingerprint density at radius 3 is 1.84 bits per heavy atom. The van der Waals surface area contributed by atoms with E-state index in [1.54, 1.807) is 0 Å². The molecule has 0 bridgehead atoms. The summed E-state index contributed by atoms with van der Waals surface area (Å²) in [6.07, 6.45) is 8.97. The first kappa shape index (κ1) is 32.2. The van der Waals surface area contributed by atoms with E-state index in [-0.39, 0.29) is 6.04 Å². The van der Waals surface area contributed by atoms with Crippen molar-refractivity contribution in [3.05, 3.63) is 206 Å². The van der Waals surface area contributed by atoms with Gasteiger partial charge in [-0.15, -0.1) is 11.3 Å². The molecule has 2 aliphatic carbocycles. The van der Waals surface area contributed by atoms with Gasteiger partial charge in [0, 0.05) is 55.7 Å². The van der Waals surface area contributed by atoms with Gasteiger partial charge in [-0.05, 0) is 74.3 Å². The van der Waals surface area contributed by atoms with Crippen molar-refractivity contribution in [1.29, 1.82) is 0 Å². The van der Waals surface area contributed by atoms with Gasteiger partial charge in [0.25, 0.3) is 0 Å². The molecule has 0 N–H and O–H groups in total. The molecular formula is C54H35N2S+. The lowest BCUT2D eigenvalue weighted by atomic mass is 9.78. The molecule has 8 aromatic carbocycles. The van der Waals surface area contributed by atoms with E-state index in [0.29, 0.717) is 0 Å². The van der Waals surface area contributed by atoms with Crippen LogP contribution in [-0.2, 0) is 0 Å². The number of anilines is 2. The molecule has 12 rings (SSSR count). The maximum absolute atomic E-state index is 2.53. The number of thiophene rings is 1. The average Bonchev–Trinajstić information content (AvgIpc) is 3.67. The van der Waals surface area contributed by atoms with Crippen LogP contribution in [0.1, 0.15) is 0 Å². The van der Waals surface area contributed by atoms with Crippen molar-refractivity contribution in [1.82, 2.24) is 4.58 Å². The number of fused-ring (bicyclic) bond motifs is 13. The van der Waals surface area contributed by atoms with Gasteiger partial charge >= 0.3 is 0 Å². The minimum absolute atomic E-state index is 0.00775. The molecular weight excluding hydrogens is 709 g/mol. The van der Waals surface area contributed by atoms with Crippen molar-refractivity contribution >= 4 is 60.0 Å². The second kappa shape index (κ2) is 12.7. The number of allylic oxidation sites excluding steroid dienone is 2. The highest BCUT2D eigenvalue weighted by atomic mass is 32.1. The molecule has 1 atom stereocenters. The molecule has 0 spiro atoms. The third-order valence-electron chi connectivity index (χ3n) is 11.9. The molecule has 0 fully saturated rings. The quantitative estimate of drug-likeness (QED) is 0.163. The minimum Gasteiger partial charge on any atom is -0.319 e. The molecule has 2 heterocycles. The van der Waals surface area contributed by atoms with Crippen LogP contribution in [0.2, 0.25) is 0 Å². The predicted octanol–water partition coefficient (Wildman–Crippen LogP) is 14.6. The van der Waals surface area contributed by atoms with Crippen LogP contribution >= 0.6 is 11.3 Å². The first-order chi connectivity index (χ1) is 28.3. The van der Waals surface area contributed by atoms with Crippen molar-refractivity contribution in [3.8, 4) is 55.6 Å². The van der Waals surface area contributed by atoms with E-state index in [0.717, 1.165) is 17.1 Å². The van der Waals surface area contributed by atoms with Gasteiger partial charge in [0.05, 0.1) is 0 Å². The molecule has 0 saturated carbocycles. The van der Waals surface area contributed by atoms with Crippen LogP contribution < -0.4 is 9.48 Å². The Labute approximate surface area is 335 Å². The number of hydrogen-bond donors (Lipinski definition) is 0. The monoisotopic (exact) mass is 743 g/mol. The Kier molecular flexibility index (Phi) is 7.20. The molecule has 1 aromatic heterocycles. The zero-order valence-electron chi connectivity index (χ0n) is 31.0. The van der Waals surface area contributed by atoms with Gasteiger partial charge in [-0.1, -0.05) is 158 Å². The van der Waals surface area contributed by atoms with Gasteiger partial charge < -0.3 is 4.90 Å². The number of rotatable bonds is 3. The molecule has 0 radical (unpaired) electrons. The van der Waals surface area contributed by atoms with Crippen LogP contribution in [0.25, 0.3) is 75.8 Å². The van der Waals surface area contributed by atoms with Gasteiger partial charge in [0.2, 0.25) is 17.1 Å². The van der Waals surface area contributed by atoms with Crippen molar-refractivity contribution in [2.75, 3.05) is 4.90 Å². The normalized spacial score (nSPS) is 14.9. The second-order valence-corrected chi connectivity index (χ2v) is 16.0. The summed E-state index contributed by atoms with van der Waals surface area (Å²) in [6, 6.07) is 67.4. The smallest absolute Gasteiger partial charge is 0.235 e. The summed E-state index contributed by atoms with van der Waals surface area (Å²) in [5, 5.41) is 2.63. The van der Waals surface area contributed by atoms with E-state index in [4.69, 9.17) is 0 Å². The van der Waals surface area contributed by atoms with Crippen molar-refractivity contribution in [2.45, 2.75) is 6.04 Å². The Balaban J connectivity index is 1.19. The van der Waals surface area contributed by atoms with Gasteiger partial charge in [0.15, 0.2) is 0 Å². The third-order valence-corrected chi connectivity index (χ3v) is 13.1. The summed E-state index contributed by atoms with van der Waals surface area (Å²) in [4.78, 5) is 2.53. The molecule has 1 unspecified atom stereocenters. The van der Waals surface area contributed by atoms with Gasteiger partial charge in [0.1, 0.15) is 11.7 Å². The summed E-state index contributed by atoms with van der Waals surface area (Å²) >= 11 is 1.90. The van der Waals surface area contributed by atoms with Crippen molar-refractivity contribution in [2.24, 2.45) is 0 Å². The fraction of sp³-hybridized carbons (Fsp3) is 0.0185. The average molecular weight is 744 g/mol. The van der Waals surface area contributed by atoms with Gasteiger partial charge in [-0.3, -0.25) is 0 Å². The van der Waals surface area contributed by atoms with Crippen LogP contribution in [0.5, 0.6) is 0 Å². The fourth-order valence-corrected chi connectivity index (χ4v) is 10.8. The van der Waals surface area contributed by atoms with Gasteiger partial charge in [-0.2, -0.15) is 4.58 Å². The first-order valence-electron chi connectivity index (χ1n) is 19.6. The SMILES string of the molecule is C1=CC2=[N+](c3ccccc3)c3cc4c(cc3N(c3ccccc3)C2C=C1)-c1ccccc1-c1c(cccc1-c1cccc2c1sc1ccccc12)-c1ccccc1-4. The Hall–Kier alpha value is -7.07. The maximum Gasteiger partial charge on any atom is 0.235 e. The number of nitrogens with zero attached hydrogens (tertiary/aromatic N) is 2. The lowest BCUT2D eigenvalue weighted by molar-refractivity contribution is 0.897. The lowest BCUT2D eigenvalue weighted by Gasteiger charge is -2.36. The lowest BCUT2D eigenvalue weighted by Crippen LogP contribution is -2.44. The highest BCUT2D eigenvalue weighted by Crippen LogP contribution is 2.55. The van der Waals surface area contributed by atoms with Crippen molar-refractivity contribution in [3.63, 3.8) is 0 Å². The van der Waals surface area contributed by atoms with E-state index in [9.17, 15) is 0 Å². The van der Waals surface area contributed by atoms with E-state index in [1.807, 2.05) is 11.3 Å². The van der Waals surface area contributed by atoms with E-state index in [2.05, 4.69) is 216 Å². The molecule has 57 heavy (non-hydrogen) atoms. The van der Waals surface area contributed by atoms with Gasteiger partial charge in [-0.25, -0.2) is 0 Å². The zero-order valence-corrected chi connectivity index (χ0v) is 31.8. The molecule has 3 aliphatic rings. The van der Waals surface area contributed by atoms with Crippen LogP contribution in [0.15, 0.2) is 206 Å². The summed E-state index contributed by atoms with van der Waals surface area (Å²) in [6.45, 7) is 0. The van der Waals surface area contributed by atoms with Crippen LogP contribution in [-0.4, -0.2) is 11.8 Å². The maximum atomic E-state index is 2.53. The second-order valence-electron chi connectivity index (χ2n) is 15.0. The molecule has 266 valence electrons. The summed E-state index contributed by atoms with van der Waals surface area (Å²) in [7, 11) is 0. The van der Waals surface area contributed by atoms with Crippen molar-refractivity contribution < 1.29 is 0 Å². The zero-order chi connectivity index (χ0) is 37.5. The predicted molar refractivity (Wildman–Crippen MR) is 244 cm³/mol. The van der Waals surface area contributed by atoms with E-state index in [1.165, 1.54) is 87.2 Å². The standard InChI is InChI=1S/C54H35N2S/c1-3-17-35(18-4-1)55-48-30-12-13-31-49(48)56(36-19-5-2-6-20-36)51-34-47-39-23-9-10-25-41(39)53-42(37-21-7-8-22-38(37)46(47)33-50(51)55)26-15-27-43(53)45-29-16-28-44-40-24-11-14-32-52(40)57-54(44)45/h1-34,49H/q+1. The molecule has 0 amide bonds. The molecule has 2 nitrogen and oxygen atoms in total. The number of hydrogen-bond acceptors (Lipinski definition) is 2. The van der Waals surface area contributed by atoms with E-state index < -0.39 is 0 Å². The Morgan fingerprint density at radius 1 is 0.456 bits per heavy atom. The topological polar surface area (TPSA) is 6.25 Å². The Morgan fingerprint density at radius 2 is 1.04 bits per heavy atom. The largest absolute Gasteiger partial charge is 0.319 e. The molecule has 3 heteroatoms. The highest BCUT2D eigenvalue weighted by Gasteiger charge is 2.41. The Bertz CT molecular complexity index is 3180. The molecule has 0 saturated heterocycles. The first-order valence-corrected chi connectivity index (χ1v) is 20.5. The van der Waals surface area contributed by atoms with Crippen LogP contribution in [0.4, 0.5) is 22.7 Å². The fourth-order valence-electron chi connectivity index (χ4n) is 9.52. The number of para-hydroxylation sites is 2. The van der Waals surface area contributed by atoms with Crippen LogP contribution in [0.3, 0.4) is 0 Å². The highest BCUT2D eigenvalue weighted by molar-refractivity contribution is 7.26. The summed E-state index contributed by atoms with van der Waals surface area (Å²) in [5.41, 5.74) is 18.3. The summed E-state index contributed by atoms with van der Waals surface area (Å²) < 4.78 is 5.13. The molecule has 9 aromatic rings.